The highest BCUT2D eigenvalue weighted by molar-refractivity contribution is 6.30. The Labute approximate surface area is 90.5 Å². The Kier molecular flexibility index (Phi) is 2.54. The fourth-order valence-electron chi connectivity index (χ4n) is 2.23. The van der Waals surface area contributed by atoms with E-state index in [0.717, 1.165) is 18.1 Å². The molecular weight excluding hydrogens is 194 g/mol. The maximum absolute atomic E-state index is 6.00. The second-order valence-corrected chi connectivity index (χ2v) is 5.16. The number of nitrogens with one attached hydrogen (secondary N) is 1. The van der Waals surface area contributed by atoms with E-state index in [4.69, 9.17) is 11.6 Å². The minimum absolute atomic E-state index is 0.338. The fourth-order valence-corrected chi connectivity index (χ4v) is 2.43. The van der Waals surface area contributed by atoms with Crippen molar-refractivity contribution in [3.63, 3.8) is 0 Å². The van der Waals surface area contributed by atoms with Gasteiger partial charge in [0.15, 0.2) is 0 Å². The Bertz CT molecular complexity index is 333. The molecule has 0 saturated carbocycles. The van der Waals surface area contributed by atoms with Gasteiger partial charge in [-0.15, -0.1) is 0 Å². The summed E-state index contributed by atoms with van der Waals surface area (Å²) in [5.41, 5.74) is 1.69. The molecule has 1 saturated heterocycles. The van der Waals surface area contributed by atoms with E-state index >= 15 is 0 Å². The molecule has 0 radical (unpaired) electrons. The van der Waals surface area contributed by atoms with Gasteiger partial charge in [0.2, 0.25) is 0 Å². The van der Waals surface area contributed by atoms with E-state index in [9.17, 15) is 0 Å². The summed E-state index contributed by atoms with van der Waals surface area (Å²) in [4.78, 5) is 0. The molecule has 1 aliphatic heterocycles. The van der Waals surface area contributed by atoms with Crippen molar-refractivity contribution in [1.29, 1.82) is 0 Å². The topological polar surface area (TPSA) is 12.0 Å². The van der Waals surface area contributed by atoms with Gasteiger partial charge in [-0.2, -0.15) is 0 Å². The van der Waals surface area contributed by atoms with Crippen molar-refractivity contribution < 1.29 is 0 Å². The molecule has 1 heterocycles. The van der Waals surface area contributed by atoms with Gasteiger partial charge in [0.05, 0.1) is 0 Å². The first kappa shape index (κ1) is 10.0. The van der Waals surface area contributed by atoms with E-state index in [1.54, 1.807) is 0 Å². The molecule has 1 fully saturated rings. The van der Waals surface area contributed by atoms with Crippen LogP contribution >= 0.6 is 11.6 Å². The molecule has 76 valence electrons. The van der Waals surface area contributed by atoms with Gasteiger partial charge in [0.25, 0.3) is 0 Å². The van der Waals surface area contributed by atoms with Crippen molar-refractivity contribution in [2.24, 2.45) is 5.41 Å². The monoisotopic (exact) mass is 209 g/mol. The Morgan fingerprint density at radius 2 is 2.21 bits per heavy atom. The molecule has 0 aliphatic carbocycles. The van der Waals surface area contributed by atoms with Crippen LogP contribution in [0.4, 0.5) is 0 Å². The molecule has 2 heteroatoms. The predicted molar refractivity (Wildman–Crippen MR) is 60.8 cm³/mol. The third-order valence-electron chi connectivity index (χ3n) is 3.12. The molecule has 1 aromatic rings. The average Bonchev–Trinajstić information content (AvgIpc) is 2.45. The van der Waals surface area contributed by atoms with E-state index < -0.39 is 0 Å². The van der Waals surface area contributed by atoms with Crippen LogP contribution in [0.3, 0.4) is 0 Å². The number of benzene rings is 1. The molecule has 1 N–H and O–H groups in total. The molecule has 1 aliphatic rings. The first-order valence-electron chi connectivity index (χ1n) is 5.06. The van der Waals surface area contributed by atoms with Crippen LogP contribution in [0, 0.1) is 5.41 Å². The van der Waals surface area contributed by atoms with Gasteiger partial charge in [-0.05, 0) is 23.1 Å². The second-order valence-electron chi connectivity index (χ2n) is 4.73. The maximum Gasteiger partial charge on any atom is 0.0408 e. The smallest absolute Gasteiger partial charge is 0.0408 e. The van der Waals surface area contributed by atoms with Crippen molar-refractivity contribution in [3.05, 3.63) is 34.9 Å². The summed E-state index contributed by atoms with van der Waals surface area (Å²) in [6.45, 7) is 6.76. The highest BCUT2D eigenvalue weighted by atomic mass is 35.5. The fraction of sp³-hybridized carbons (Fsp3) is 0.500. The third-order valence-corrected chi connectivity index (χ3v) is 3.36. The van der Waals surface area contributed by atoms with Gasteiger partial charge >= 0.3 is 0 Å². The Hall–Kier alpha value is -0.530. The summed E-state index contributed by atoms with van der Waals surface area (Å²) in [7, 11) is 0. The van der Waals surface area contributed by atoms with Crippen LogP contribution < -0.4 is 5.32 Å². The molecule has 0 aromatic heterocycles. The first-order chi connectivity index (χ1) is 6.59. The van der Waals surface area contributed by atoms with E-state index in [2.05, 4.69) is 31.3 Å². The lowest BCUT2D eigenvalue weighted by molar-refractivity contribution is 0.363. The predicted octanol–water partition coefficient (Wildman–Crippen LogP) is 3.05. The average molecular weight is 210 g/mol. The summed E-state index contributed by atoms with van der Waals surface area (Å²) < 4.78 is 0. The van der Waals surface area contributed by atoms with Crippen molar-refractivity contribution in [3.8, 4) is 0 Å². The van der Waals surface area contributed by atoms with Crippen LogP contribution in [-0.2, 0) is 0 Å². The van der Waals surface area contributed by atoms with Gasteiger partial charge in [-0.25, -0.2) is 0 Å². The van der Waals surface area contributed by atoms with Crippen LogP contribution in [0.2, 0.25) is 5.02 Å². The molecule has 2 rings (SSSR count). The summed E-state index contributed by atoms with van der Waals surface area (Å²) >= 11 is 6.00. The number of rotatable bonds is 1. The van der Waals surface area contributed by atoms with E-state index in [0.29, 0.717) is 11.3 Å². The summed E-state index contributed by atoms with van der Waals surface area (Å²) in [6, 6.07) is 8.22. The standard InChI is InChI=1S/C12H16ClN/c1-12(2)8-14-7-11(12)9-4-3-5-10(13)6-9/h3-6,11,14H,7-8H2,1-2H3. The summed E-state index contributed by atoms with van der Waals surface area (Å²) in [5, 5.41) is 4.28. The molecule has 0 spiro atoms. The van der Waals surface area contributed by atoms with Crippen LogP contribution in [0.25, 0.3) is 0 Å². The first-order valence-corrected chi connectivity index (χ1v) is 5.43. The Balaban J connectivity index is 2.31. The Morgan fingerprint density at radius 1 is 1.43 bits per heavy atom. The molecule has 14 heavy (non-hydrogen) atoms. The van der Waals surface area contributed by atoms with E-state index in [-0.39, 0.29) is 0 Å². The van der Waals surface area contributed by atoms with E-state index in [1.807, 2.05) is 12.1 Å². The van der Waals surface area contributed by atoms with Crippen molar-refractivity contribution in [2.45, 2.75) is 19.8 Å². The lowest BCUT2D eigenvalue weighted by Crippen LogP contribution is -2.20. The second kappa shape index (κ2) is 3.56. The molecule has 1 unspecified atom stereocenters. The van der Waals surface area contributed by atoms with Gasteiger partial charge in [-0.1, -0.05) is 37.6 Å². The zero-order chi connectivity index (χ0) is 10.2. The molecular formula is C12H16ClN. The highest BCUT2D eigenvalue weighted by Gasteiger charge is 2.35. The zero-order valence-corrected chi connectivity index (χ0v) is 9.43. The quantitative estimate of drug-likeness (QED) is 0.750. The van der Waals surface area contributed by atoms with Crippen molar-refractivity contribution in [1.82, 2.24) is 5.32 Å². The number of hydrogen-bond acceptors (Lipinski definition) is 1. The van der Waals surface area contributed by atoms with Crippen molar-refractivity contribution >= 4 is 11.6 Å². The SMILES string of the molecule is CC1(C)CNCC1c1cccc(Cl)c1. The normalized spacial score (nSPS) is 25.2. The number of hydrogen-bond donors (Lipinski definition) is 1. The lowest BCUT2D eigenvalue weighted by Gasteiger charge is -2.26. The minimum Gasteiger partial charge on any atom is -0.316 e. The molecule has 0 bridgehead atoms. The van der Waals surface area contributed by atoms with Gasteiger partial charge in [0.1, 0.15) is 0 Å². The maximum atomic E-state index is 6.00. The van der Waals surface area contributed by atoms with Crippen molar-refractivity contribution in [2.75, 3.05) is 13.1 Å². The van der Waals surface area contributed by atoms with Crippen LogP contribution in [-0.4, -0.2) is 13.1 Å². The third kappa shape index (κ3) is 1.79. The summed E-state index contributed by atoms with van der Waals surface area (Å²) in [6.07, 6.45) is 0. The van der Waals surface area contributed by atoms with Crippen LogP contribution in [0.1, 0.15) is 25.3 Å². The molecule has 1 aromatic carbocycles. The largest absolute Gasteiger partial charge is 0.316 e. The molecule has 1 atom stereocenters. The van der Waals surface area contributed by atoms with Gasteiger partial charge in [0, 0.05) is 24.0 Å². The van der Waals surface area contributed by atoms with Gasteiger partial charge < -0.3 is 5.32 Å². The zero-order valence-electron chi connectivity index (χ0n) is 8.68. The molecule has 1 nitrogen and oxygen atoms in total. The highest BCUT2D eigenvalue weighted by Crippen LogP contribution is 2.38. The van der Waals surface area contributed by atoms with Crippen LogP contribution in [0.5, 0.6) is 0 Å². The van der Waals surface area contributed by atoms with Gasteiger partial charge in [-0.3, -0.25) is 0 Å². The Morgan fingerprint density at radius 3 is 2.79 bits per heavy atom. The van der Waals surface area contributed by atoms with Crippen LogP contribution in [0.15, 0.2) is 24.3 Å². The minimum atomic E-state index is 0.338. The summed E-state index contributed by atoms with van der Waals surface area (Å²) in [5.74, 6) is 0.584. The lowest BCUT2D eigenvalue weighted by atomic mass is 9.78. The van der Waals surface area contributed by atoms with E-state index in [1.165, 1.54) is 5.56 Å². The number of halogens is 1. The molecule has 0 amide bonds.